The number of amides is 1. The van der Waals surface area contributed by atoms with Crippen LogP contribution in [0.15, 0.2) is 42.5 Å². The molecule has 4 nitrogen and oxygen atoms in total. The summed E-state index contributed by atoms with van der Waals surface area (Å²) >= 11 is 0. The summed E-state index contributed by atoms with van der Waals surface area (Å²) in [5.74, 6) is -0.444. The number of nitrogens with one attached hydrogen (secondary N) is 2. The minimum absolute atomic E-state index is 0.128. The molecule has 0 saturated carbocycles. The average molecular weight is 285 g/mol. The quantitative estimate of drug-likeness (QED) is 0.891. The fourth-order valence-corrected chi connectivity index (χ4v) is 2.35. The van der Waals surface area contributed by atoms with Crippen LogP contribution in [-0.4, -0.2) is 26.0 Å². The van der Waals surface area contributed by atoms with Crippen LogP contribution in [-0.2, 0) is 0 Å². The normalized spacial score (nSPS) is 12.9. The van der Waals surface area contributed by atoms with Gasteiger partial charge in [0.1, 0.15) is 5.82 Å². The lowest BCUT2D eigenvalue weighted by Crippen LogP contribution is -2.27. The third-order valence-electron chi connectivity index (χ3n) is 3.54. The number of anilines is 3. The number of halogens is 1. The summed E-state index contributed by atoms with van der Waals surface area (Å²) in [5.41, 5.74) is 3.18. The molecule has 5 heteroatoms. The molecule has 1 aliphatic heterocycles. The zero-order valence-corrected chi connectivity index (χ0v) is 11.7. The molecule has 0 atom stereocenters. The molecule has 3 rings (SSSR count). The van der Waals surface area contributed by atoms with Crippen molar-refractivity contribution in [1.82, 2.24) is 0 Å². The smallest absolute Gasteiger partial charge is 0.258 e. The predicted molar refractivity (Wildman–Crippen MR) is 82.6 cm³/mol. The molecular weight excluding hydrogens is 269 g/mol. The third kappa shape index (κ3) is 2.67. The maximum Gasteiger partial charge on any atom is 0.258 e. The Morgan fingerprint density at radius 2 is 1.71 bits per heavy atom. The van der Waals surface area contributed by atoms with Crippen molar-refractivity contribution in [3.8, 4) is 0 Å². The van der Waals surface area contributed by atoms with E-state index in [1.807, 2.05) is 12.1 Å². The molecular formula is C16H16FN3O. The van der Waals surface area contributed by atoms with Crippen LogP contribution < -0.4 is 15.5 Å². The highest BCUT2D eigenvalue weighted by molar-refractivity contribution is 6.06. The van der Waals surface area contributed by atoms with Crippen molar-refractivity contribution in [2.45, 2.75) is 0 Å². The highest BCUT2D eigenvalue weighted by Gasteiger charge is 2.16. The second-order valence-corrected chi connectivity index (χ2v) is 4.95. The number of nitrogens with zero attached hydrogens (tertiary/aromatic N) is 1. The van der Waals surface area contributed by atoms with Crippen LogP contribution in [0, 0.1) is 5.82 Å². The Hall–Kier alpha value is -2.56. The van der Waals surface area contributed by atoms with Gasteiger partial charge in [-0.1, -0.05) is 0 Å². The van der Waals surface area contributed by atoms with Gasteiger partial charge < -0.3 is 15.5 Å². The first-order chi connectivity index (χ1) is 10.1. The van der Waals surface area contributed by atoms with E-state index in [4.69, 9.17) is 0 Å². The standard InChI is InChI=1S/C16H16FN3O/c1-20(13-5-3-12(17)4-6-13)16(21)11-2-7-14-15(10-11)19-9-8-18-14/h2-7,10,18-19H,8-9H2,1H3. The largest absolute Gasteiger partial charge is 0.382 e. The number of hydrogen-bond acceptors (Lipinski definition) is 3. The molecule has 1 amide bonds. The van der Waals surface area contributed by atoms with E-state index >= 15 is 0 Å². The predicted octanol–water partition coefficient (Wildman–Crippen LogP) is 2.94. The average Bonchev–Trinajstić information content (AvgIpc) is 2.54. The van der Waals surface area contributed by atoms with Gasteiger partial charge in [-0.05, 0) is 42.5 Å². The van der Waals surface area contributed by atoms with E-state index in [9.17, 15) is 9.18 Å². The SMILES string of the molecule is CN(C(=O)c1ccc2c(c1)NCCN2)c1ccc(F)cc1. The minimum atomic E-state index is -0.316. The fourth-order valence-electron chi connectivity index (χ4n) is 2.35. The van der Waals surface area contributed by atoms with Crippen molar-refractivity contribution in [2.24, 2.45) is 0 Å². The Morgan fingerprint density at radius 3 is 2.43 bits per heavy atom. The van der Waals surface area contributed by atoms with Crippen molar-refractivity contribution < 1.29 is 9.18 Å². The van der Waals surface area contributed by atoms with Gasteiger partial charge in [-0.3, -0.25) is 4.79 Å². The summed E-state index contributed by atoms with van der Waals surface area (Å²) in [6.07, 6.45) is 0. The lowest BCUT2D eigenvalue weighted by Gasteiger charge is -2.22. The van der Waals surface area contributed by atoms with Crippen molar-refractivity contribution >= 4 is 23.0 Å². The lowest BCUT2D eigenvalue weighted by atomic mass is 10.1. The van der Waals surface area contributed by atoms with E-state index in [1.165, 1.54) is 17.0 Å². The lowest BCUT2D eigenvalue weighted by molar-refractivity contribution is 0.0993. The van der Waals surface area contributed by atoms with E-state index in [-0.39, 0.29) is 11.7 Å². The summed E-state index contributed by atoms with van der Waals surface area (Å²) in [7, 11) is 1.68. The molecule has 21 heavy (non-hydrogen) atoms. The van der Waals surface area contributed by atoms with Gasteiger partial charge in [-0.2, -0.15) is 0 Å². The molecule has 2 aromatic carbocycles. The van der Waals surface area contributed by atoms with Crippen LogP contribution in [0.4, 0.5) is 21.5 Å². The molecule has 0 aliphatic carbocycles. The summed E-state index contributed by atoms with van der Waals surface area (Å²) in [4.78, 5) is 14.0. The van der Waals surface area contributed by atoms with E-state index in [2.05, 4.69) is 10.6 Å². The highest BCUT2D eigenvalue weighted by Crippen LogP contribution is 2.26. The molecule has 0 bridgehead atoms. The number of fused-ring (bicyclic) bond motifs is 1. The Balaban J connectivity index is 1.86. The fraction of sp³-hybridized carbons (Fsp3) is 0.188. The molecule has 0 spiro atoms. The minimum Gasteiger partial charge on any atom is -0.382 e. The third-order valence-corrected chi connectivity index (χ3v) is 3.54. The highest BCUT2D eigenvalue weighted by atomic mass is 19.1. The summed E-state index contributed by atoms with van der Waals surface area (Å²) in [5, 5.41) is 6.53. The zero-order chi connectivity index (χ0) is 14.8. The van der Waals surface area contributed by atoms with E-state index in [0.29, 0.717) is 11.3 Å². The summed E-state index contributed by atoms with van der Waals surface area (Å²) < 4.78 is 12.9. The zero-order valence-electron chi connectivity index (χ0n) is 11.7. The Morgan fingerprint density at radius 1 is 1.05 bits per heavy atom. The van der Waals surface area contributed by atoms with Crippen molar-refractivity contribution in [3.63, 3.8) is 0 Å². The Bertz CT molecular complexity index is 670. The summed E-state index contributed by atoms with van der Waals surface area (Å²) in [6.45, 7) is 1.70. The number of rotatable bonds is 2. The molecule has 0 unspecified atom stereocenters. The molecule has 0 radical (unpaired) electrons. The van der Waals surface area contributed by atoms with Crippen LogP contribution in [0.3, 0.4) is 0 Å². The van der Waals surface area contributed by atoms with Gasteiger partial charge in [0.05, 0.1) is 11.4 Å². The van der Waals surface area contributed by atoms with Gasteiger partial charge in [-0.15, -0.1) is 0 Å². The van der Waals surface area contributed by atoms with Crippen molar-refractivity contribution in [3.05, 3.63) is 53.8 Å². The molecule has 2 aromatic rings. The van der Waals surface area contributed by atoms with E-state index in [0.717, 1.165) is 24.5 Å². The molecule has 1 heterocycles. The van der Waals surface area contributed by atoms with Crippen molar-refractivity contribution in [2.75, 3.05) is 35.7 Å². The Kier molecular flexibility index (Phi) is 3.48. The number of hydrogen-bond donors (Lipinski definition) is 2. The molecule has 0 aromatic heterocycles. The monoisotopic (exact) mass is 285 g/mol. The Labute approximate surface area is 122 Å². The maximum absolute atomic E-state index is 12.9. The first-order valence-corrected chi connectivity index (χ1v) is 6.80. The molecule has 1 aliphatic rings. The number of benzene rings is 2. The van der Waals surface area contributed by atoms with Crippen LogP contribution >= 0.6 is 0 Å². The van der Waals surface area contributed by atoms with Crippen LogP contribution in [0.1, 0.15) is 10.4 Å². The second-order valence-electron chi connectivity index (χ2n) is 4.95. The van der Waals surface area contributed by atoms with Crippen LogP contribution in [0.2, 0.25) is 0 Å². The first kappa shape index (κ1) is 13.4. The van der Waals surface area contributed by atoms with Crippen LogP contribution in [0.25, 0.3) is 0 Å². The molecule has 108 valence electrons. The van der Waals surface area contributed by atoms with Gasteiger partial charge in [-0.25, -0.2) is 4.39 Å². The van der Waals surface area contributed by atoms with Gasteiger partial charge in [0.25, 0.3) is 5.91 Å². The van der Waals surface area contributed by atoms with Gasteiger partial charge in [0, 0.05) is 31.4 Å². The topological polar surface area (TPSA) is 44.4 Å². The van der Waals surface area contributed by atoms with E-state index in [1.54, 1.807) is 25.2 Å². The summed E-state index contributed by atoms with van der Waals surface area (Å²) in [6, 6.07) is 11.4. The second kappa shape index (κ2) is 5.44. The van der Waals surface area contributed by atoms with Gasteiger partial charge in [0.15, 0.2) is 0 Å². The van der Waals surface area contributed by atoms with Crippen LogP contribution in [0.5, 0.6) is 0 Å². The van der Waals surface area contributed by atoms with E-state index < -0.39 is 0 Å². The van der Waals surface area contributed by atoms with Gasteiger partial charge >= 0.3 is 0 Å². The molecule has 0 fully saturated rings. The molecule has 0 saturated heterocycles. The number of carbonyl (C=O) groups is 1. The van der Waals surface area contributed by atoms with Crippen molar-refractivity contribution in [1.29, 1.82) is 0 Å². The maximum atomic E-state index is 12.9. The van der Waals surface area contributed by atoms with Gasteiger partial charge in [0.2, 0.25) is 0 Å². The number of carbonyl (C=O) groups excluding carboxylic acids is 1. The molecule has 2 N–H and O–H groups in total. The first-order valence-electron chi connectivity index (χ1n) is 6.80.